The van der Waals surface area contributed by atoms with Crippen molar-refractivity contribution in [3.8, 4) is 11.5 Å². The van der Waals surface area contributed by atoms with Gasteiger partial charge in [-0.3, -0.25) is 4.57 Å². The first-order valence-corrected chi connectivity index (χ1v) is 11.1. The molecule has 0 saturated heterocycles. The van der Waals surface area contributed by atoms with Crippen LogP contribution in [0.15, 0.2) is 72.9 Å². The lowest BCUT2D eigenvalue weighted by Gasteiger charge is -2.16. The number of aromatic nitrogens is 1. The van der Waals surface area contributed by atoms with Gasteiger partial charge in [0.15, 0.2) is 5.75 Å². The number of nitrogens with zero attached hydrogens (tertiary/aromatic N) is 1. The Hall–Kier alpha value is -4.27. The second-order valence-electron chi connectivity index (χ2n) is 8.68. The molecule has 6 nitrogen and oxygen atoms in total. The van der Waals surface area contributed by atoms with Crippen LogP contribution in [0.3, 0.4) is 0 Å². The highest BCUT2D eigenvalue weighted by molar-refractivity contribution is 5.98. The SMILES string of the molecule is COC(=O)c1ccc(C2(c3cn(C(N)=O)c4c(Oc5ccc(C(F)(F)F)cc5)cccc34)CC2)cc1. The van der Waals surface area contributed by atoms with E-state index in [2.05, 4.69) is 0 Å². The molecule has 1 fully saturated rings. The number of amides is 1. The number of benzene rings is 3. The van der Waals surface area contributed by atoms with E-state index < -0.39 is 23.7 Å². The topological polar surface area (TPSA) is 83.5 Å². The maximum Gasteiger partial charge on any atom is 0.416 e. The maximum absolute atomic E-state index is 12.9. The summed E-state index contributed by atoms with van der Waals surface area (Å²) in [6.45, 7) is 0. The molecule has 3 aromatic carbocycles. The molecule has 0 unspecified atom stereocenters. The summed E-state index contributed by atoms with van der Waals surface area (Å²) in [4.78, 5) is 24.2. The Bertz CT molecular complexity index is 1470. The van der Waals surface area contributed by atoms with E-state index in [-0.39, 0.29) is 16.9 Å². The minimum absolute atomic E-state index is 0.189. The largest absolute Gasteiger partial charge is 0.465 e. The number of esters is 1. The summed E-state index contributed by atoms with van der Waals surface area (Å²) in [5, 5.41) is 0.743. The van der Waals surface area contributed by atoms with Crippen molar-refractivity contribution >= 4 is 22.9 Å². The van der Waals surface area contributed by atoms with E-state index >= 15 is 0 Å². The summed E-state index contributed by atoms with van der Waals surface area (Å²) in [5.41, 5.74) is 7.24. The predicted octanol–water partition coefficient (Wildman–Crippen LogP) is 6.25. The molecule has 4 aromatic rings. The molecule has 0 atom stereocenters. The molecule has 1 saturated carbocycles. The third-order valence-electron chi connectivity index (χ3n) is 6.56. The number of rotatable bonds is 5. The van der Waals surface area contributed by atoms with Gasteiger partial charge in [0.1, 0.15) is 11.3 Å². The van der Waals surface area contributed by atoms with Gasteiger partial charge in [-0.2, -0.15) is 13.2 Å². The number of alkyl halides is 3. The summed E-state index contributed by atoms with van der Waals surface area (Å²) in [6, 6.07) is 16.0. The van der Waals surface area contributed by atoms with Crippen molar-refractivity contribution in [3.63, 3.8) is 0 Å². The molecule has 1 heterocycles. The molecule has 2 N–H and O–H groups in total. The summed E-state index contributed by atoms with van der Waals surface area (Å²) >= 11 is 0. The Labute approximate surface area is 204 Å². The average Bonchev–Trinajstić information content (AvgIpc) is 3.57. The van der Waals surface area contributed by atoms with E-state index in [1.54, 1.807) is 30.5 Å². The summed E-state index contributed by atoms with van der Waals surface area (Å²) in [7, 11) is 1.32. The molecule has 1 aliphatic carbocycles. The summed E-state index contributed by atoms with van der Waals surface area (Å²) in [5.74, 6) is 0.0461. The first kappa shape index (κ1) is 23.5. The predicted molar refractivity (Wildman–Crippen MR) is 126 cm³/mol. The summed E-state index contributed by atoms with van der Waals surface area (Å²) < 4.78 is 50.7. The van der Waals surface area contributed by atoms with Crippen LogP contribution in [0.5, 0.6) is 11.5 Å². The first-order valence-electron chi connectivity index (χ1n) is 11.1. The van der Waals surface area contributed by atoms with E-state index in [9.17, 15) is 22.8 Å². The van der Waals surface area contributed by atoms with Crippen molar-refractivity contribution < 1.29 is 32.2 Å². The number of hydrogen-bond donors (Lipinski definition) is 1. The van der Waals surface area contributed by atoms with Crippen LogP contribution < -0.4 is 10.5 Å². The quantitative estimate of drug-likeness (QED) is 0.333. The van der Waals surface area contributed by atoms with Crippen LogP contribution >= 0.6 is 0 Å². The van der Waals surface area contributed by atoms with Crippen molar-refractivity contribution in [2.45, 2.75) is 24.4 Å². The highest BCUT2D eigenvalue weighted by atomic mass is 19.4. The molecule has 9 heteroatoms. The van der Waals surface area contributed by atoms with Gasteiger partial charge in [0, 0.05) is 17.0 Å². The molecule has 36 heavy (non-hydrogen) atoms. The molecular formula is C27H21F3N2O4. The molecule has 0 aliphatic heterocycles. The molecule has 1 amide bonds. The number of hydrogen-bond acceptors (Lipinski definition) is 4. The van der Waals surface area contributed by atoms with Gasteiger partial charge in [0.2, 0.25) is 0 Å². The molecule has 0 radical (unpaired) electrons. The Morgan fingerprint density at radius 2 is 1.64 bits per heavy atom. The van der Waals surface area contributed by atoms with Crippen LogP contribution in [-0.4, -0.2) is 23.7 Å². The van der Waals surface area contributed by atoms with Gasteiger partial charge in [-0.05, 0) is 66.4 Å². The Kier molecular flexibility index (Phi) is 5.50. The third kappa shape index (κ3) is 3.96. The second-order valence-corrected chi connectivity index (χ2v) is 8.68. The highest BCUT2D eigenvalue weighted by Crippen LogP contribution is 2.56. The fraction of sp³-hybridized carbons (Fsp3) is 0.185. The van der Waals surface area contributed by atoms with Crippen LogP contribution in [0.2, 0.25) is 0 Å². The van der Waals surface area contributed by atoms with Gasteiger partial charge in [0.25, 0.3) is 0 Å². The average molecular weight is 494 g/mol. The van der Waals surface area contributed by atoms with Crippen molar-refractivity contribution in [3.05, 3.63) is 95.2 Å². The van der Waals surface area contributed by atoms with E-state index in [0.29, 0.717) is 11.1 Å². The highest BCUT2D eigenvalue weighted by Gasteiger charge is 2.48. The van der Waals surface area contributed by atoms with Gasteiger partial charge in [-0.1, -0.05) is 24.3 Å². The first-order chi connectivity index (χ1) is 17.1. The normalized spacial score (nSPS) is 14.4. The molecular weight excluding hydrogens is 473 g/mol. The van der Waals surface area contributed by atoms with Crippen LogP contribution in [-0.2, 0) is 16.3 Å². The number of ether oxygens (including phenoxy) is 2. The van der Waals surface area contributed by atoms with Crippen LogP contribution in [0.25, 0.3) is 10.9 Å². The monoisotopic (exact) mass is 494 g/mol. The number of methoxy groups -OCH3 is 1. The zero-order chi connectivity index (χ0) is 25.7. The van der Waals surface area contributed by atoms with E-state index in [4.69, 9.17) is 15.2 Å². The van der Waals surface area contributed by atoms with Crippen LogP contribution in [0.4, 0.5) is 18.0 Å². The van der Waals surface area contributed by atoms with E-state index in [0.717, 1.165) is 41.5 Å². The fourth-order valence-electron chi connectivity index (χ4n) is 4.61. The van der Waals surface area contributed by atoms with E-state index in [1.165, 1.54) is 23.8 Å². The van der Waals surface area contributed by atoms with Crippen molar-refractivity contribution in [2.24, 2.45) is 5.73 Å². The third-order valence-corrected chi connectivity index (χ3v) is 6.56. The Balaban J connectivity index is 1.57. The molecule has 1 aliphatic rings. The number of halogens is 3. The number of primary amides is 1. The number of fused-ring (bicyclic) bond motifs is 1. The standard InChI is InChI=1S/C27H21F3N2O4/c1-35-24(33)16-5-7-17(8-6-16)26(13-14-26)21-15-32(25(31)34)23-20(21)3-2-4-22(23)36-19-11-9-18(10-12-19)27(28,29)30/h2-12,15H,13-14H2,1H3,(H2,31,34). The molecule has 5 rings (SSSR count). The van der Waals surface area contributed by atoms with Gasteiger partial charge in [-0.25, -0.2) is 9.59 Å². The number of carbonyl (C=O) groups excluding carboxylic acids is 2. The number of nitrogens with two attached hydrogens (primary N) is 1. The molecule has 0 spiro atoms. The van der Waals surface area contributed by atoms with Crippen molar-refractivity contribution in [1.29, 1.82) is 0 Å². The van der Waals surface area contributed by atoms with Crippen molar-refractivity contribution in [2.75, 3.05) is 7.11 Å². The van der Waals surface area contributed by atoms with Crippen LogP contribution in [0.1, 0.15) is 39.9 Å². The Morgan fingerprint density at radius 3 is 2.19 bits per heavy atom. The van der Waals surface area contributed by atoms with Gasteiger partial charge in [-0.15, -0.1) is 0 Å². The fourth-order valence-corrected chi connectivity index (χ4v) is 4.61. The van der Waals surface area contributed by atoms with E-state index in [1.807, 2.05) is 18.2 Å². The van der Waals surface area contributed by atoms with Gasteiger partial charge >= 0.3 is 18.2 Å². The molecule has 1 aromatic heterocycles. The number of carbonyl (C=O) groups is 2. The second kappa shape index (κ2) is 8.44. The Morgan fingerprint density at radius 1 is 0.972 bits per heavy atom. The van der Waals surface area contributed by atoms with Crippen molar-refractivity contribution in [1.82, 2.24) is 4.57 Å². The lowest BCUT2D eigenvalue weighted by Crippen LogP contribution is -2.18. The molecule has 0 bridgehead atoms. The lowest BCUT2D eigenvalue weighted by atomic mass is 9.87. The zero-order valence-corrected chi connectivity index (χ0v) is 19.1. The molecule has 184 valence electrons. The van der Waals surface area contributed by atoms with Crippen LogP contribution in [0, 0.1) is 0 Å². The minimum atomic E-state index is -4.46. The smallest absolute Gasteiger partial charge is 0.416 e. The zero-order valence-electron chi connectivity index (χ0n) is 19.1. The minimum Gasteiger partial charge on any atom is -0.465 e. The number of para-hydroxylation sites is 1. The lowest BCUT2D eigenvalue weighted by molar-refractivity contribution is -0.137. The van der Waals surface area contributed by atoms with Gasteiger partial charge < -0.3 is 15.2 Å². The maximum atomic E-state index is 12.9. The van der Waals surface area contributed by atoms with Gasteiger partial charge in [0.05, 0.1) is 18.2 Å². The summed E-state index contributed by atoms with van der Waals surface area (Å²) in [6.07, 6.45) is -1.12.